The van der Waals surface area contributed by atoms with Crippen LogP contribution in [0.15, 0.2) is 64.8 Å². The molecule has 3 N–H and O–H groups in total. The molecule has 0 aliphatic heterocycles. The van der Waals surface area contributed by atoms with E-state index in [0.29, 0.717) is 34.9 Å². The normalized spacial score (nSPS) is 10.6. The number of carbonyl (C=O) groups is 2. The fourth-order valence-electron chi connectivity index (χ4n) is 3.20. The van der Waals surface area contributed by atoms with E-state index in [1.807, 2.05) is 6.92 Å². The molecule has 8 nitrogen and oxygen atoms in total. The minimum Gasteiger partial charge on any atom is -0.326 e. The smallest absolute Gasteiger partial charge is 0.260 e. The SMILES string of the molecule is CCc1cc(=O)[nH]c(-c2cccc(NC(=O)Cc3csc(NC(=O)c4ccccc4F)n3)c2)n1. The monoisotopic (exact) mass is 477 g/mol. The average molecular weight is 478 g/mol. The van der Waals surface area contributed by atoms with Crippen LogP contribution in [0.25, 0.3) is 11.4 Å². The topological polar surface area (TPSA) is 117 Å². The van der Waals surface area contributed by atoms with Gasteiger partial charge >= 0.3 is 0 Å². The Kier molecular flexibility index (Phi) is 6.88. The van der Waals surface area contributed by atoms with Gasteiger partial charge in [0.15, 0.2) is 5.13 Å². The van der Waals surface area contributed by atoms with Crippen LogP contribution in [0.5, 0.6) is 0 Å². The van der Waals surface area contributed by atoms with Crippen LogP contribution in [-0.2, 0) is 17.6 Å². The van der Waals surface area contributed by atoms with Gasteiger partial charge in [0, 0.05) is 28.4 Å². The third-order valence-corrected chi connectivity index (χ3v) is 5.62. The molecule has 172 valence electrons. The van der Waals surface area contributed by atoms with Crippen LogP contribution >= 0.6 is 11.3 Å². The molecule has 2 aromatic heterocycles. The molecule has 2 amide bonds. The summed E-state index contributed by atoms with van der Waals surface area (Å²) in [4.78, 5) is 48.0. The van der Waals surface area contributed by atoms with Crippen molar-refractivity contribution in [1.29, 1.82) is 0 Å². The van der Waals surface area contributed by atoms with Gasteiger partial charge in [-0.25, -0.2) is 14.4 Å². The number of anilines is 2. The molecular weight excluding hydrogens is 457 g/mol. The molecule has 0 aliphatic carbocycles. The zero-order chi connectivity index (χ0) is 24.1. The molecule has 4 aromatic rings. The molecule has 0 bridgehead atoms. The number of rotatable bonds is 7. The zero-order valence-corrected chi connectivity index (χ0v) is 18.9. The molecular formula is C24H20FN5O3S. The van der Waals surface area contributed by atoms with Crippen LogP contribution in [0.3, 0.4) is 0 Å². The van der Waals surface area contributed by atoms with Crippen molar-refractivity contribution in [2.45, 2.75) is 19.8 Å². The summed E-state index contributed by atoms with van der Waals surface area (Å²) < 4.78 is 13.8. The minimum atomic E-state index is -0.626. The maximum Gasteiger partial charge on any atom is 0.260 e. The number of amides is 2. The summed E-state index contributed by atoms with van der Waals surface area (Å²) in [5.41, 5.74) is 2.01. The Labute approximate surface area is 197 Å². The number of aromatic amines is 1. The first-order valence-electron chi connectivity index (χ1n) is 10.4. The molecule has 0 atom stereocenters. The number of halogens is 1. The third kappa shape index (κ3) is 5.59. The molecule has 0 aliphatic rings. The van der Waals surface area contributed by atoms with E-state index in [4.69, 9.17) is 0 Å². The van der Waals surface area contributed by atoms with E-state index in [1.165, 1.54) is 24.3 Å². The van der Waals surface area contributed by atoms with Crippen LogP contribution < -0.4 is 16.2 Å². The molecule has 0 radical (unpaired) electrons. The molecule has 0 saturated carbocycles. The highest BCUT2D eigenvalue weighted by Crippen LogP contribution is 2.21. The van der Waals surface area contributed by atoms with Gasteiger partial charge in [-0.15, -0.1) is 11.3 Å². The second kappa shape index (κ2) is 10.2. The standard InChI is InChI=1S/C24H20FN5O3S/c1-2-15-11-21(32)29-22(27-15)14-6-5-7-16(10-14)26-20(31)12-17-13-34-24(28-17)30-23(33)18-8-3-4-9-19(18)25/h3-11,13H,2,12H2,1H3,(H,26,31)(H,27,29,32)(H,28,30,33). The van der Waals surface area contributed by atoms with Gasteiger partial charge in [-0.2, -0.15) is 0 Å². The van der Waals surface area contributed by atoms with Crippen LogP contribution in [0, 0.1) is 5.82 Å². The summed E-state index contributed by atoms with van der Waals surface area (Å²) >= 11 is 1.14. The van der Waals surface area contributed by atoms with Crippen LogP contribution in [0.1, 0.15) is 28.7 Å². The number of hydrogen-bond acceptors (Lipinski definition) is 6. The molecule has 4 rings (SSSR count). The highest BCUT2D eigenvalue weighted by molar-refractivity contribution is 7.14. The second-order valence-corrected chi connectivity index (χ2v) is 8.18. The fourth-order valence-corrected chi connectivity index (χ4v) is 3.90. The van der Waals surface area contributed by atoms with Gasteiger partial charge in [-0.1, -0.05) is 31.2 Å². The summed E-state index contributed by atoms with van der Waals surface area (Å²) in [5.74, 6) is -1.12. The first kappa shape index (κ1) is 23.0. The van der Waals surface area contributed by atoms with Crippen molar-refractivity contribution < 1.29 is 14.0 Å². The number of H-pyrrole nitrogens is 1. The first-order chi connectivity index (χ1) is 16.4. The molecule has 0 fully saturated rings. The van der Waals surface area contributed by atoms with Crippen LogP contribution in [-0.4, -0.2) is 26.8 Å². The number of aryl methyl sites for hydroxylation is 1. The Balaban J connectivity index is 1.40. The van der Waals surface area contributed by atoms with Crippen molar-refractivity contribution >= 4 is 34.0 Å². The lowest BCUT2D eigenvalue weighted by Gasteiger charge is -2.07. The summed E-state index contributed by atoms with van der Waals surface area (Å²) in [6.07, 6.45) is 0.612. The summed E-state index contributed by atoms with van der Waals surface area (Å²) in [5, 5.41) is 7.26. The maximum absolute atomic E-state index is 13.8. The van der Waals surface area contributed by atoms with E-state index in [2.05, 4.69) is 25.6 Å². The van der Waals surface area contributed by atoms with Crippen molar-refractivity contribution in [3.63, 3.8) is 0 Å². The van der Waals surface area contributed by atoms with Gasteiger partial charge in [0.05, 0.1) is 17.7 Å². The summed E-state index contributed by atoms with van der Waals surface area (Å²) in [6.45, 7) is 1.91. The molecule has 2 aromatic carbocycles. The number of aromatic nitrogens is 3. The maximum atomic E-state index is 13.8. The molecule has 0 spiro atoms. The Morgan fingerprint density at radius 1 is 1.03 bits per heavy atom. The van der Waals surface area contributed by atoms with Gasteiger partial charge in [0.2, 0.25) is 5.91 Å². The fraction of sp³-hybridized carbons (Fsp3) is 0.125. The van der Waals surface area contributed by atoms with Crippen molar-refractivity contribution in [3.05, 3.63) is 93.1 Å². The van der Waals surface area contributed by atoms with Crippen LogP contribution in [0.4, 0.5) is 15.2 Å². The number of thiazole rings is 1. The van der Waals surface area contributed by atoms with Crippen molar-refractivity contribution in [1.82, 2.24) is 15.0 Å². The predicted molar refractivity (Wildman–Crippen MR) is 128 cm³/mol. The van der Waals surface area contributed by atoms with E-state index >= 15 is 0 Å². The van der Waals surface area contributed by atoms with Gasteiger partial charge < -0.3 is 10.3 Å². The quantitative estimate of drug-likeness (QED) is 0.372. The van der Waals surface area contributed by atoms with E-state index in [0.717, 1.165) is 11.3 Å². The largest absolute Gasteiger partial charge is 0.326 e. The lowest BCUT2D eigenvalue weighted by Crippen LogP contribution is -2.15. The highest BCUT2D eigenvalue weighted by Gasteiger charge is 2.14. The van der Waals surface area contributed by atoms with Crippen LogP contribution in [0.2, 0.25) is 0 Å². The molecule has 0 saturated heterocycles. The number of benzene rings is 2. The number of hydrogen-bond donors (Lipinski definition) is 3. The minimum absolute atomic E-state index is 0.0172. The Morgan fingerprint density at radius 2 is 1.85 bits per heavy atom. The summed E-state index contributed by atoms with van der Waals surface area (Å²) in [7, 11) is 0. The predicted octanol–water partition coefficient (Wildman–Crippen LogP) is 4.03. The lowest BCUT2D eigenvalue weighted by molar-refractivity contribution is -0.115. The number of nitrogens with one attached hydrogen (secondary N) is 3. The Bertz CT molecular complexity index is 1420. The number of nitrogens with zero attached hydrogens (tertiary/aromatic N) is 2. The van der Waals surface area contributed by atoms with Gasteiger partial charge in [-0.05, 0) is 30.7 Å². The summed E-state index contributed by atoms with van der Waals surface area (Å²) in [6, 6.07) is 14.1. The van der Waals surface area contributed by atoms with E-state index in [9.17, 15) is 18.8 Å². The van der Waals surface area contributed by atoms with Crippen molar-refractivity contribution in [2.24, 2.45) is 0 Å². The molecule has 34 heavy (non-hydrogen) atoms. The van der Waals surface area contributed by atoms with Gasteiger partial charge in [0.25, 0.3) is 11.5 Å². The van der Waals surface area contributed by atoms with E-state index in [1.54, 1.807) is 35.7 Å². The van der Waals surface area contributed by atoms with Crippen molar-refractivity contribution in [3.8, 4) is 11.4 Å². The van der Waals surface area contributed by atoms with Gasteiger partial charge in [0.1, 0.15) is 11.6 Å². The second-order valence-electron chi connectivity index (χ2n) is 7.32. The molecule has 10 heteroatoms. The average Bonchev–Trinajstić information content (AvgIpc) is 3.25. The number of carbonyl (C=O) groups excluding carboxylic acids is 2. The van der Waals surface area contributed by atoms with E-state index < -0.39 is 11.7 Å². The van der Waals surface area contributed by atoms with Gasteiger partial charge in [-0.3, -0.25) is 19.7 Å². The first-order valence-corrected chi connectivity index (χ1v) is 11.3. The van der Waals surface area contributed by atoms with E-state index in [-0.39, 0.29) is 28.6 Å². The highest BCUT2D eigenvalue weighted by atomic mass is 32.1. The Morgan fingerprint density at radius 3 is 2.65 bits per heavy atom. The van der Waals surface area contributed by atoms with Crippen molar-refractivity contribution in [2.75, 3.05) is 10.6 Å². The lowest BCUT2D eigenvalue weighted by atomic mass is 10.1. The Hall–Kier alpha value is -4.18. The molecule has 0 unspecified atom stereocenters. The zero-order valence-electron chi connectivity index (χ0n) is 18.1. The third-order valence-electron chi connectivity index (χ3n) is 4.81. The molecule has 2 heterocycles.